The molecule has 0 radical (unpaired) electrons. The Hall–Kier alpha value is 0.0700. The van der Waals surface area contributed by atoms with Gasteiger partial charge in [0.2, 0.25) is 20.0 Å². The van der Waals surface area contributed by atoms with E-state index in [-0.39, 0.29) is 43.0 Å². The van der Waals surface area contributed by atoms with Crippen LogP contribution < -0.4 is 15.2 Å². The minimum Gasteiger partial charge on any atom is -0.329 e. The van der Waals surface area contributed by atoms with Gasteiger partial charge in [0, 0.05) is 19.1 Å². The molecule has 1 atom stereocenters. The summed E-state index contributed by atoms with van der Waals surface area (Å²) in [6.07, 6.45) is 0.649. The van der Waals surface area contributed by atoms with Crippen molar-refractivity contribution in [2.75, 3.05) is 24.6 Å². The molecule has 0 saturated carbocycles. The smallest absolute Gasteiger partial charge is 0.213 e. The summed E-state index contributed by atoms with van der Waals surface area (Å²) < 4.78 is 50.5. The molecule has 10 heteroatoms. The third-order valence-electron chi connectivity index (χ3n) is 2.46. The molecule has 0 aliphatic rings. The second-order valence-electron chi connectivity index (χ2n) is 4.80. The van der Waals surface area contributed by atoms with Crippen molar-refractivity contribution in [3.05, 3.63) is 0 Å². The summed E-state index contributed by atoms with van der Waals surface area (Å²) in [4.78, 5) is 0. The summed E-state index contributed by atoms with van der Waals surface area (Å²) in [5, 5.41) is 0. The first-order valence-electron chi connectivity index (χ1n) is 6.29. The van der Waals surface area contributed by atoms with Crippen LogP contribution in [-0.4, -0.2) is 47.5 Å². The highest BCUT2D eigenvalue weighted by molar-refractivity contribution is 7.90. The standard InChI is InChI=1S/C10H25N3O4S2.ClH/c1-4-18(14,15)12-5-6-19(16,17)13-10(8-11)7-9(2)3;/h9-10,12-13H,4-8,11H2,1-3H3;1H. The largest absolute Gasteiger partial charge is 0.329 e. The molecule has 0 rings (SSSR count). The molecule has 0 aromatic rings. The van der Waals surface area contributed by atoms with E-state index < -0.39 is 20.0 Å². The zero-order valence-corrected chi connectivity index (χ0v) is 14.6. The molecule has 20 heavy (non-hydrogen) atoms. The molecule has 7 nitrogen and oxygen atoms in total. The molecule has 4 N–H and O–H groups in total. The maximum Gasteiger partial charge on any atom is 0.213 e. The summed E-state index contributed by atoms with van der Waals surface area (Å²) in [5.41, 5.74) is 5.51. The van der Waals surface area contributed by atoms with Gasteiger partial charge in [0.15, 0.2) is 0 Å². The van der Waals surface area contributed by atoms with E-state index in [0.29, 0.717) is 12.3 Å². The van der Waals surface area contributed by atoms with Crippen molar-refractivity contribution >= 4 is 32.5 Å². The van der Waals surface area contributed by atoms with Crippen LogP contribution in [-0.2, 0) is 20.0 Å². The van der Waals surface area contributed by atoms with E-state index in [1.165, 1.54) is 6.92 Å². The number of halogens is 1. The normalized spacial score (nSPS) is 14.1. The van der Waals surface area contributed by atoms with Gasteiger partial charge in [-0.3, -0.25) is 0 Å². The fraction of sp³-hybridized carbons (Fsp3) is 1.00. The van der Waals surface area contributed by atoms with Gasteiger partial charge in [-0.1, -0.05) is 13.8 Å². The Kier molecular flexibility index (Phi) is 11.1. The molecule has 0 bridgehead atoms. The lowest BCUT2D eigenvalue weighted by molar-refractivity contribution is 0.465. The van der Waals surface area contributed by atoms with Crippen LogP contribution in [0.4, 0.5) is 0 Å². The Balaban J connectivity index is 0. The zero-order valence-electron chi connectivity index (χ0n) is 12.1. The number of rotatable bonds is 10. The fourth-order valence-corrected chi connectivity index (χ4v) is 3.44. The van der Waals surface area contributed by atoms with E-state index in [1.54, 1.807) is 0 Å². The average molecular weight is 352 g/mol. The van der Waals surface area contributed by atoms with Crippen LogP contribution in [0.2, 0.25) is 0 Å². The predicted molar refractivity (Wildman–Crippen MR) is 83.9 cm³/mol. The van der Waals surface area contributed by atoms with Crippen LogP contribution in [0.5, 0.6) is 0 Å². The van der Waals surface area contributed by atoms with E-state index in [1.807, 2.05) is 13.8 Å². The fourth-order valence-electron chi connectivity index (χ4n) is 1.51. The Bertz CT molecular complexity index is 451. The van der Waals surface area contributed by atoms with Gasteiger partial charge in [-0.05, 0) is 19.3 Å². The van der Waals surface area contributed by atoms with Crippen molar-refractivity contribution in [1.29, 1.82) is 0 Å². The third-order valence-corrected chi connectivity index (χ3v) is 5.30. The van der Waals surface area contributed by atoms with Gasteiger partial charge in [0.05, 0.1) is 11.5 Å². The lowest BCUT2D eigenvalue weighted by Gasteiger charge is -2.18. The van der Waals surface area contributed by atoms with Crippen molar-refractivity contribution < 1.29 is 16.8 Å². The Labute approximate surface area is 128 Å². The first-order valence-corrected chi connectivity index (χ1v) is 9.59. The molecular formula is C10H26ClN3O4S2. The van der Waals surface area contributed by atoms with Crippen LogP contribution in [0.25, 0.3) is 0 Å². The predicted octanol–water partition coefficient (Wildman–Crippen LogP) is -0.360. The number of nitrogens with one attached hydrogen (secondary N) is 2. The summed E-state index contributed by atoms with van der Waals surface area (Å²) >= 11 is 0. The first-order chi connectivity index (χ1) is 8.62. The highest BCUT2D eigenvalue weighted by Crippen LogP contribution is 2.04. The first kappa shape index (κ1) is 22.4. The van der Waals surface area contributed by atoms with E-state index >= 15 is 0 Å². The quantitative estimate of drug-likeness (QED) is 0.496. The Morgan fingerprint density at radius 1 is 1.10 bits per heavy atom. The van der Waals surface area contributed by atoms with E-state index in [9.17, 15) is 16.8 Å². The summed E-state index contributed by atoms with van der Waals surface area (Å²) in [5.74, 6) is -0.0325. The second kappa shape index (κ2) is 9.91. The van der Waals surface area contributed by atoms with Crippen molar-refractivity contribution in [3.63, 3.8) is 0 Å². The molecule has 0 heterocycles. The SMILES string of the molecule is CCS(=O)(=O)NCCS(=O)(=O)NC(CN)CC(C)C.Cl. The summed E-state index contributed by atoms with van der Waals surface area (Å²) in [6, 6.07) is -0.312. The topological polar surface area (TPSA) is 118 Å². The van der Waals surface area contributed by atoms with Gasteiger partial charge in [-0.15, -0.1) is 12.4 Å². The van der Waals surface area contributed by atoms with Gasteiger partial charge in [0.25, 0.3) is 0 Å². The van der Waals surface area contributed by atoms with Crippen LogP contribution in [0.3, 0.4) is 0 Å². The molecule has 0 aromatic heterocycles. The van der Waals surface area contributed by atoms with Crippen molar-refractivity contribution in [2.45, 2.75) is 33.2 Å². The number of hydrogen-bond acceptors (Lipinski definition) is 5. The van der Waals surface area contributed by atoms with Crippen LogP contribution in [0.15, 0.2) is 0 Å². The molecule has 0 fully saturated rings. The number of sulfonamides is 2. The molecule has 0 spiro atoms. The van der Waals surface area contributed by atoms with E-state index in [0.717, 1.165) is 0 Å². The molecule has 1 unspecified atom stereocenters. The van der Waals surface area contributed by atoms with E-state index in [2.05, 4.69) is 9.44 Å². The van der Waals surface area contributed by atoms with Crippen molar-refractivity contribution in [3.8, 4) is 0 Å². The maximum absolute atomic E-state index is 11.8. The van der Waals surface area contributed by atoms with E-state index in [4.69, 9.17) is 5.73 Å². The van der Waals surface area contributed by atoms with Gasteiger partial charge < -0.3 is 5.73 Å². The van der Waals surface area contributed by atoms with Crippen LogP contribution in [0.1, 0.15) is 27.2 Å². The second-order valence-corrected chi connectivity index (χ2v) is 8.77. The summed E-state index contributed by atoms with van der Waals surface area (Å²) in [6.45, 7) is 5.53. The molecule has 0 amide bonds. The van der Waals surface area contributed by atoms with Crippen molar-refractivity contribution in [2.24, 2.45) is 11.7 Å². The van der Waals surface area contributed by atoms with Crippen LogP contribution in [0, 0.1) is 5.92 Å². The van der Waals surface area contributed by atoms with Gasteiger partial charge in [0.1, 0.15) is 0 Å². The minimum absolute atomic E-state index is 0. The lowest BCUT2D eigenvalue weighted by atomic mass is 10.1. The minimum atomic E-state index is -3.53. The highest BCUT2D eigenvalue weighted by atomic mass is 35.5. The maximum atomic E-state index is 11.8. The Morgan fingerprint density at radius 3 is 2.05 bits per heavy atom. The number of hydrogen-bond donors (Lipinski definition) is 3. The van der Waals surface area contributed by atoms with Gasteiger partial charge in [-0.25, -0.2) is 26.3 Å². The summed E-state index contributed by atoms with van der Waals surface area (Å²) in [7, 11) is -6.89. The number of nitrogens with two attached hydrogens (primary N) is 1. The van der Waals surface area contributed by atoms with Gasteiger partial charge >= 0.3 is 0 Å². The molecule has 0 aliphatic heterocycles. The van der Waals surface area contributed by atoms with Crippen LogP contribution >= 0.6 is 12.4 Å². The molecule has 0 aromatic carbocycles. The Morgan fingerprint density at radius 2 is 1.65 bits per heavy atom. The molecule has 124 valence electrons. The average Bonchev–Trinajstić information content (AvgIpc) is 2.26. The lowest BCUT2D eigenvalue weighted by Crippen LogP contribution is -2.43. The van der Waals surface area contributed by atoms with Gasteiger partial charge in [-0.2, -0.15) is 0 Å². The molecular weight excluding hydrogens is 326 g/mol. The molecule has 0 aliphatic carbocycles. The monoisotopic (exact) mass is 351 g/mol. The highest BCUT2D eigenvalue weighted by Gasteiger charge is 2.18. The third kappa shape index (κ3) is 10.8. The zero-order chi connectivity index (χ0) is 15.1. The van der Waals surface area contributed by atoms with Crippen molar-refractivity contribution in [1.82, 2.24) is 9.44 Å². The molecule has 0 saturated heterocycles.